The van der Waals surface area contributed by atoms with Crippen molar-refractivity contribution in [3.8, 4) is 5.75 Å². The molecule has 3 aromatic rings. The third kappa shape index (κ3) is 7.59. The lowest BCUT2D eigenvalue weighted by molar-refractivity contribution is 0.206. The van der Waals surface area contributed by atoms with Crippen LogP contribution in [0.3, 0.4) is 0 Å². The summed E-state index contributed by atoms with van der Waals surface area (Å²) in [4.78, 5) is 15.4. The highest BCUT2D eigenvalue weighted by Crippen LogP contribution is 2.33. The second kappa shape index (κ2) is 11.4. The van der Waals surface area contributed by atoms with Crippen LogP contribution in [0.5, 0.6) is 5.75 Å². The first kappa shape index (κ1) is 26.3. The minimum Gasteiger partial charge on any atom is -0.383 e. The molecule has 0 saturated carbocycles. The Kier molecular flexibility index (Phi) is 8.57. The van der Waals surface area contributed by atoms with Gasteiger partial charge in [0.1, 0.15) is 5.75 Å². The Hall–Kier alpha value is -3.32. The van der Waals surface area contributed by atoms with Gasteiger partial charge in [-0.15, -0.1) is 0 Å². The monoisotopic (exact) mass is 494 g/mol. The molecule has 0 spiro atoms. The molecule has 35 heavy (non-hydrogen) atoms. The average Bonchev–Trinajstić information content (AvgIpc) is 2.79. The zero-order valence-electron chi connectivity index (χ0n) is 21.0. The number of hydrogen-bond acceptors (Lipinski definition) is 4. The van der Waals surface area contributed by atoms with Crippen molar-refractivity contribution in [3.05, 3.63) is 95.1 Å². The number of amides is 2. The van der Waals surface area contributed by atoms with Crippen LogP contribution < -0.4 is 9.50 Å². The number of nitrogens with one attached hydrogen (secondary N) is 1. The van der Waals surface area contributed by atoms with E-state index in [4.69, 9.17) is 4.18 Å². The molecule has 0 heterocycles. The quantitative estimate of drug-likeness (QED) is 0.344. The molecule has 0 aliphatic rings. The molecule has 3 rings (SSSR count). The predicted molar refractivity (Wildman–Crippen MR) is 141 cm³/mol. The van der Waals surface area contributed by atoms with Crippen molar-refractivity contribution < 1.29 is 17.4 Å². The molecule has 0 aliphatic carbocycles. The fraction of sp³-hybridized carbons (Fsp3) is 0.321. The number of nitrogens with zero attached hydrogens (tertiary/aromatic N) is 1. The van der Waals surface area contributed by atoms with Crippen molar-refractivity contribution in [2.75, 3.05) is 11.6 Å². The van der Waals surface area contributed by atoms with Crippen LogP contribution in [0, 0.1) is 0 Å². The molecular formula is C28H34N2O4S. The topological polar surface area (TPSA) is 75.7 Å². The van der Waals surface area contributed by atoms with Crippen LogP contribution in [-0.4, -0.2) is 25.6 Å². The van der Waals surface area contributed by atoms with E-state index in [1.807, 2.05) is 36.4 Å². The predicted octanol–water partition coefficient (Wildman–Crippen LogP) is 6.51. The van der Waals surface area contributed by atoms with E-state index < -0.39 is 10.1 Å². The Labute approximate surface area is 209 Å². The van der Waals surface area contributed by atoms with Gasteiger partial charge in [0.15, 0.2) is 0 Å². The highest BCUT2D eigenvalue weighted by atomic mass is 32.2. The highest BCUT2D eigenvalue weighted by Gasteiger charge is 2.20. The lowest BCUT2D eigenvalue weighted by Crippen LogP contribution is -2.34. The van der Waals surface area contributed by atoms with E-state index in [0.29, 0.717) is 13.1 Å². The van der Waals surface area contributed by atoms with Crippen molar-refractivity contribution in [1.29, 1.82) is 0 Å². The van der Waals surface area contributed by atoms with Crippen molar-refractivity contribution in [3.63, 3.8) is 0 Å². The van der Waals surface area contributed by atoms with Crippen LogP contribution in [0.1, 0.15) is 61.8 Å². The molecule has 0 aromatic heterocycles. The minimum absolute atomic E-state index is 0.194. The van der Waals surface area contributed by atoms with Gasteiger partial charge in [-0.3, -0.25) is 0 Å². The number of hydrogen-bond donors (Lipinski definition) is 1. The number of carbonyl (C=O) groups is 1. The van der Waals surface area contributed by atoms with Gasteiger partial charge in [0.05, 0.1) is 6.26 Å². The number of carbonyl (C=O) groups excluding carboxylic acids is 1. The van der Waals surface area contributed by atoms with Gasteiger partial charge in [-0.2, -0.15) is 8.42 Å². The summed E-state index contributed by atoms with van der Waals surface area (Å²) in [5.41, 5.74) is 4.95. The van der Waals surface area contributed by atoms with E-state index in [1.54, 1.807) is 29.2 Å². The van der Waals surface area contributed by atoms with Crippen LogP contribution >= 0.6 is 0 Å². The first-order chi connectivity index (χ1) is 16.5. The SMILES string of the molecule is CC(C)c1cccc(C(C)C)c1NC(=O)N(Cc1ccccc1)Cc1ccc(OS(C)(=O)=O)cc1. The Balaban J connectivity index is 1.90. The van der Waals surface area contributed by atoms with Gasteiger partial charge in [0.25, 0.3) is 0 Å². The maximum Gasteiger partial charge on any atom is 0.322 e. The molecule has 1 N–H and O–H groups in total. The summed E-state index contributed by atoms with van der Waals surface area (Å²) in [5.74, 6) is 0.755. The molecule has 186 valence electrons. The Bertz CT molecular complexity index is 1210. The van der Waals surface area contributed by atoms with E-state index in [9.17, 15) is 13.2 Å². The van der Waals surface area contributed by atoms with Gasteiger partial charge < -0.3 is 14.4 Å². The second-order valence-electron chi connectivity index (χ2n) is 9.32. The minimum atomic E-state index is -3.60. The van der Waals surface area contributed by atoms with Crippen molar-refractivity contribution in [1.82, 2.24) is 4.90 Å². The number of para-hydroxylation sites is 1. The van der Waals surface area contributed by atoms with Gasteiger partial charge in [0.2, 0.25) is 0 Å². The molecule has 0 aliphatic heterocycles. The van der Waals surface area contributed by atoms with Gasteiger partial charge in [-0.1, -0.05) is 88.4 Å². The fourth-order valence-corrected chi connectivity index (χ4v) is 4.39. The van der Waals surface area contributed by atoms with Crippen LogP contribution in [0.15, 0.2) is 72.8 Å². The molecule has 0 unspecified atom stereocenters. The first-order valence-corrected chi connectivity index (χ1v) is 13.6. The standard InChI is InChI=1S/C28H34N2O4S/c1-20(2)25-12-9-13-26(21(3)4)27(25)29-28(31)30(18-22-10-7-6-8-11-22)19-23-14-16-24(17-15-23)34-35(5,32)33/h6-17,20-21H,18-19H2,1-5H3,(H,29,31). The Morgan fingerprint density at radius 2 is 1.31 bits per heavy atom. The summed E-state index contributed by atoms with van der Waals surface area (Å²) < 4.78 is 27.7. The molecule has 0 fully saturated rings. The first-order valence-electron chi connectivity index (χ1n) is 11.7. The zero-order chi connectivity index (χ0) is 25.6. The van der Waals surface area contributed by atoms with Crippen molar-refractivity contribution in [2.24, 2.45) is 0 Å². The molecule has 2 amide bonds. The molecule has 6 nitrogen and oxygen atoms in total. The average molecular weight is 495 g/mol. The molecule has 0 radical (unpaired) electrons. The molecule has 3 aromatic carbocycles. The van der Waals surface area contributed by atoms with E-state index in [1.165, 1.54) is 0 Å². The maximum absolute atomic E-state index is 13.6. The third-order valence-electron chi connectivity index (χ3n) is 5.65. The van der Waals surface area contributed by atoms with Gasteiger partial charge in [0, 0.05) is 18.8 Å². The molecule has 0 saturated heterocycles. The number of urea groups is 1. The van der Waals surface area contributed by atoms with E-state index in [-0.39, 0.29) is 23.6 Å². The summed E-state index contributed by atoms with van der Waals surface area (Å²) in [7, 11) is -3.60. The zero-order valence-corrected chi connectivity index (χ0v) is 21.8. The largest absolute Gasteiger partial charge is 0.383 e. The van der Waals surface area contributed by atoms with Gasteiger partial charge in [-0.05, 0) is 46.2 Å². The highest BCUT2D eigenvalue weighted by molar-refractivity contribution is 7.86. The van der Waals surface area contributed by atoms with Crippen LogP contribution in [0.25, 0.3) is 0 Å². The van der Waals surface area contributed by atoms with Crippen LogP contribution in [0.4, 0.5) is 10.5 Å². The molecular weight excluding hydrogens is 460 g/mol. The second-order valence-corrected chi connectivity index (χ2v) is 10.9. The fourth-order valence-electron chi connectivity index (χ4n) is 3.93. The summed E-state index contributed by atoms with van der Waals surface area (Å²) in [6.07, 6.45) is 1.01. The number of rotatable bonds is 9. The summed E-state index contributed by atoms with van der Waals surface area (Å²) in [5, 5.41) is 3.21. The summed E-state index contributed by atoms with van der Waals surface area (Å²) >= 11 is 0. The number of anilines is 1. The van der Waals surface area contributed by atoms with Crippen molar-refractivity contribution in [2.45, 2.75) is 52.6 Å². The number of benzene rings is 3. The molecule has 7 heteroatoms. The van der Waals surface area contributed by atoms with E-state index >= 15 is 0 Å². The Morgan fingerprint density at radius 3 is 1.80 bits per heavy atom. The summed E-state index contributed by atoms with van der Waals surface area (Å²) in [6.45, 7) is 9.26. The van der Waals surface area contributed by atoms with E-state index in [0.717, 1.165) is 34.2 Å². The van der Waals surface area contributed by atoms with Gasteiger partial charge in [-0.25, -0.2) is 4.79 Å². The molecule has 0 atom stereocenters. The lowest BCUT2D eigenvalue weighted by Gasteiger charge is -2.26. The Morgan fingerprint density at radius 1 is 0.800 bits per heavy atom. The summed E-state index contributed by atoms with van der Waals surface area (Å²) in [6, 6.07) is 22.5. The molecule has 0 bridgehead atoms. The third-order valence-corrected chi connectivity index (χ3v) is 6.15. The van der Waals surface area contributed by atoms with E-state index in [2.05, 4.69) is 45.1 Å². The van der Waals surface area contributed by atoms with Crippen LogP contribution in [-0.2, 0) is 23.2 Å². The smallest absolute Gasteiger partial charge is 0.322 e. The lowest BCUT2D eigenvalue weighted by atomic mass is 9.93. The van der Waals surface area contributed by atoms with Crippen LogP contribution in [0.2, 0.25) is 0 Å². The maximum atomic E-state index is 13.6. The van der Waals surface area contributed by atoms with Gasteiger partial charge >= 0.3 is 16.1 Å². The normalized spacial score (nSPS) is 11.5. The van der Waals surface area contributed by atoms with Crippen molar-refractivity contribution >= 4 is 21.8 Å².